The number of ketones is 1. The Bertz CT molecular complexity index is 371. The van der Waals surface area contributed by atoms with Crippen molar-refractivity contribution >= 4 is 5.78 Å². The number of carbonyl (C=O) groups is 1. The van der Waals surface area contributed by atoms with E-state index in [1.54, 1.807) is 26.0 Å². The smallest absolute Gasteiger partial charge is 0.135 e. The van der Waals surface area contributed by atoms with Crippen LogP contribution in [0.4, 0.5) is 0 Å². The minimum absolute atomic E-state index is 0.0479. The Morgan fingerprint density at radius 1 is 1.40 bits per heavy atom. The van der Waals surface area contributed by atoms with Crippen molar-refractivity contribution in [2.24, 2.45) is 5.92 Å². The van der Waals surface area contributed by atoms with Crippen molar-refractivity contribution < 1.29 is 15.0 Å². The molecule has 0 aromatic heterocycles. The zero-order valence-corrected chi connectivity index (χ0v) is 9.19. The Morgan fingerprint density at radius 3 is 2.47 bits per heavy atom. The second-order valence-corrected chi connectivity index (χ2v) is 3.89. The van der Waals surface area contributed by atoms with Gasteiger partial charge in [-0.15, -0.1) is 0 Å². The lowest BCUT2D eigenvalue weighted by Crippen LogP contribution is -2.16. The van der Waals surface area contributed by atoms with E-state index < -0.39 is 12.0 Å². The van der Waals surface area contributed by atoms with Crippen LogP contribution in [0.1, 0.15) is 31.1 Å². The van der Waals surface area contributed by atoms with Gasteiger partial charge in [0, 0.05) is 5.92 Å². The second-order valence-electron chi connectivity index (χ2n) is 3.89. The van der Waals surface area contributed by atoms with Crippen molar-refractivity contribution in [1.82, 2.24) is 0 Å². The van der Waals surface area contributed by atoms with E-state index in [9.17, 15) is 15.0 Å². The number of hydrogen-bond donors (Lipinski definition) is 2. The van der Waals surface area contributed by atoms with Gasteiger partial charge in [0.1, 0.15) is 11.5 Å². The van der Waals surface area contributed by atoms with Gasteiger partial charge in [-0.2, -0.15) is 0 Å². The van der Waals surface area contributed by atoms with Crippen LogP contribution in [-0.2, 0) is 4.79 Å². The molecule has 3 nitrogen and oxygen atoms in total. The number of aromatic hydroxyl groups is 1. The fraction of sp³-hybridized carbons (Fsp3) is 0.417. The fourth-order valence-electron chi connectivity index (χ4n) is 1.37. The van der Waals surface area contributed by atoms with E-state index in [0.29, 0.717) is 11.1 Å². The van der Waals surface area contributed by atoms with Crippen LogP contribution in [0.15, 0.2) is 18.2 Å². The van der Waals surface area contributed by atoms with E-state index >= 15 is 0 Å². The summed E-state index contributed by atoms with van der Waals surface area (Å²) in [6.45, 7) is 4.90. The van der Waals surface area contributed by atoms with Crippen LogP contribution in [-0.4, -0.2) is 16.0 Å². The summed E-state index contributed by atoms with van der Waals surface area (Å²) < 4.78 is 0. The third-order valence-electron chi connectivity index (χ3n) is 2.68. The Balaban J connectivity index is 2.96. The van der Waals surface area contributed by atoms with Gasteiger partial charge in [-0.1, -0.05) is 13.0 Å². The monoisotopic (exact) mass is 208 g/mol. The molecule has 0 fully saturated rings. The van der Waals surface area contributed by atoms with E-state index in [0.717, 1.165) is 0 Å². The first-order valence-electron chi connectivity index (χ1n) is 4.91. The lowest BCUT2D eigenvalue weighted by Gasteiger charge is -2.17. The molecule has 0 heterocycles. The predicted octanol–water partition coefficient (Wildman–Crippen LogP) is 1.96. The molecule has 0 aliphatic carbocycles. The van der Waals surface area contributed by atoms with Gasteiger partial charge in [-0.3, -0.25) is 4.79 Å². The Labute approximate surface area is 89.4 Å². The zero-order valence-electron chi connectivity index (χ0n) is 9.19. The van der Waals surface area contributed by atoms with Gasteiger partial charge in [0.15, 0.2) is 0 Å². The van der Waals surface area contributed by atoms with E-state index in [4.69, 9.17) is 0 Å². The summed E-state index contributed by atoms with van der Waals surface area (Å²) in [5.41, 5.74) is 1.36. The number of aryl methyl sites for hydroxylation is 1. The van der Waals surface area contributed by atoms with E-state index in [1.807, 2.05) is 0 Å². The number of aliphatic hydroxyl groups excluding tert-OH is 1. The molecule has 1 aromatic rings. The molecule has 2 N–H and O–H groups in total. The van der Waals surface area contributed by atoms with Crippen LogP contribution in [0.5, 0.6) is 5.75 Å². The number of hydrogen-bond acceptors (Lipinski definition) is 3. The largest absolute Gasteiger partial charge is 0.508 e. The molecule has 0 amide bonds. The molecule has 0 saturated carbocycles. The predicted molar refractivity (Wildman–Crippen MR) is 57.6 cm³/mol. The number of phenolic OH excluding ortho intramolecular Hbond substituents is 1. The normalized spacial score (nSPS) is 14.7. The highest BCUT2D eigenvalue weighted by Gasteiger charge is 2.20. The number of aliphatic hydroxyl groups is 1. The maximum Gasteiger partial charge on any atom is 0.135 e. The van der Waals surface area contributed by atoms with E-state index in [1.165, 1.54) is 13.0 Å². The molecule has 15 heavy (non-hydrogen) atoms. The number of Topliss-reactive ketones (excluding diaryl/α,β-unsaturated/α-hetero) is 1. The highest BCUT2D eigenvalue weighted by Crippen LogP contribution is 2.26. The van der Waals surface area contributed by atoms with E-state index in [-0.39, 0.29) is 11.5 Å². The third-order valence-corrected chi connectivity index (χ3v) is 2.68. The SMILES string of the molecule is CC(=O)C(C)C(O)c1ccc(O)c(C)c1. The van der Waals surface area contributed by atoms with Gasteiger partial charge in [0.2, 0.25) is 0 Å². The maximum absolute atomic E-state index is 11.1. The molecule has 82 valence electrons. The van der Waals surface area contributed by atoms with Crippen LogP contribution >= 0.6 is 0 Å². The van der Waals surface area contributed by atoms with Gasteiger partial charge in [-0.25, -0.2) is 0 Å². The van der Waals surface area contributed by atoms with Gasteiger partial charge >= 0.3 is 0 Å². The van der Waals surface area contributed by atoms with Crippen molar-refractivity contribution in [3.63, 3.8) is 0 Å². The average Bonchev–Trinajstić information content (AvgIpc) is 2.19. The number of rotatable bonds is 3. The summed E-state index contributed by atoms with van der Waals surface area (Å²) in [5.74, 6) is -0.274. The van der Waals surface area contributed by atoms with Crippen LogP contribution in [0.25, 0.3) is 0 Å². The summed E-state index contributed by atoms with van der Waals surface area (Å²) in [6, 6.07) is 4.85. The molecule has 0 aliphatic heterocycles. The van der Waals surface area contributed by atoms with Crippen LogP contribution in [0.3, 0.4) is 0 Å². The molecule has 2 unspecified atom stereocenters. The summed E-state index contributed by atoms with van der Waals surface area (Å²) in [7, 11) is 0. The maximum atomic E-state index is 11.1. The molecular formula is C12H16O3. The first-order valence-corrected chi connectivity index (χ1v) is 4.91. The molecule has 0 saturated heterocycles. The molecule has 0 bridgehead atoms. The van der Waals surface area contributed by atoms with Crippen LogP contribution < -0.4 is 0 Å². The summed E-state index contributed by atoms with van der Waals surface area (Å²) in [6.07, 6.45) is -0.804. The molecule has 0 radical (unpaired) electrons. The molecular weight excluding hydrogens is 192 g/mol. The quantitative estimate of drug-likeness (QED) is 0.798. The topological polar surface area (TPSA) is 57.5 Å². The summed E-state index contributed by atoms with van der Waals surface area (Å²) >= 11 is 0. The number of carbonyl (C=O) groups excluding carboxylic acids is 1. The molecule has 0 aliphatic rings. The average molecular weight is 208 g/mol. The van der Waals surface area contributed by atoms with Gasteiger partial charge in [0.25, 0.3) is 0 Å². The van der Waals surface area contributed by atoms with Gasteiger partial charge < -0.3 is 10.2 Å². The Kier molecular flexibility index (Phi) is 3.48. The minimum Gasteiger partial charge on any atom is -0.508 e. The van der Waals surface area contributed by atoms with Crippen LogP contribution in [0, 0.1) is 12.8 Å². The van der Waals surface area contributed by atoms with E-state index in [2.05, 4.69) is 0 Å². The lowest BCUT2D eigenvalue weighted by atomic mass is 9.93. The highest BCUT2D eigenvalue weighted by atomic mass is 16.3. The summed E-state index contributed by atoms with van der Waals surface area (Å²) in [5, 5.41) is 19.2. The zero-order chi connectivity index (χ0) is 11.6. The molecule has 3 heteroatoms. The van der Waals surface area contributed by atoms with Gasteiger partial charge in [0.05, 0.1) is 6.10 Å². The van der Waals surface area contributed by atoms with Crippen molar-refractivity contribution in [1.29, 1.82) is 0 Å². The van der Waals surface area contributed by atoms with Crippen molar-refractivity contribution in [2.75, 3.05) is 0 Å². The molecule has 1 rings (SSSR count). The number of phenols is 1. The van der Waals surface area contributed by atoms with Crippen molar-refractivity contribution in [3.05, 3.63) is 29.3 Å². The van der Waals surface area contributed by atoms with Gasteiger partial charge in [-0.05, 0) is 37.1 Å². The Morgan fingerprint density at radius 2 is 2.00 bits per heavy atom. The van der Waals surface area contributed by atoms with Crippen molar-refractivity contribution in [3.8, 4) is 5.75 Å². The minimum atomic E-state index is -0.804. The highest BCUT2D eigenvalue weighted by molar-refractivity contribution is 5.78. The van der Waals surface area contributed by atoms with Crippen molar-refractivity contribution in [2.45, 2.75) is 26.9 Å². The standard InChI is InChI=1S/C12H16O3/c1-7-6-10(4-5-11(7)14)12(15)8(2)9(3)13/h4-6,8,12,14-15H,1-3H3. The summed E-state index contributed by atoms with van der Waals surface area (Å²) in [4.78, 5) is 11.1. The number of benzene rings is 1. The first kappa shape index (κ1) is 11.7. The fourth-order valence-corrected chi connectivity index (χ4v) is 1.37. The first-order chi connectivity index (χ1) is 6.93. The molecule has 2 atom stereocenters. The molecule has 1 aromatic carbocycles. The Hall–Kier alpha value is -1.35. The third kappa shape index (κ3) is 2.57. The molecule has 0 spiro atoms. The van der Waals surface area contributed by atoms with Crippen LogP contribution in [0.2, 0.25) is 0 Å². The second kappa shape index (κ2) is 4.45. The lowest BCUT2D eigenvalue weighted by molar-refractivity contribution is -0.123.